The number of nitrogens with zero attached hydrogens (tertiary/aromatic N) is 1. The number of carbonyl (C=O) groups excluding carboxylic acids is 5. The van der Waals surface area contributed by atoms with E-state index in [1.54, 1.807) is 0 Å². The van der Waals surface area contributed by atoms with Gasteiger partial charge in [-0.25, -0.2) is 9.59 Å². The largest absolute Gasteiger partial charge is 0.467 e. The fourth-order valence-electron chi connectivity index (χ4n) is 4.15. The van der Waals surface area contributed by atoms with Crippen LogP contribution < -0.4 is 16.0 Å². The molecule has 0 saturated carbocycles. The summed E-state index contributed by atoms with van der Waals surface area (Å²) in [6.45, 7) is 9.90. The summed E-state index contributed by atoms with van der Waals surface area (Å²) in [5.41, 5.74) is 0. The second-order valence-electron chi connectivity index (χ2n) is 11.8. The van der Waals surface area contributed by atoms with E-state index in [-0.39, 0.29) is 39.4 Å². The monoisotopic (exact) mass is 686 g/mol. The first-order valence-electron chi connectivity index (χ1n) is 16.4. The lowest BCUT2D eigenvalue weighted by Crippen LogP contribution is -2.51. The van der Waals surface area contributed by atoms with Crippen molar-refractivity contribution in [2.24, 2.45) is 11.8 Å². The lowest BCUT2D eigenvalue weighted by atomic mass is 10.0. The van der Waals surface area contributed by atoms with E-state index in [9.17, 15) is 24.0 Å². The van der Waals surface area contributed by atoms with Crippen molar-refractivity contribution >= 4 is 29.7 Å². The van der Waals surface area contributed by atoms with E-state index >= 15 is 0 Å². The van der Waals surface area contributed by atoms with E-state index in [2.05, 4.69) is 21.9 Å². The van der Waals surface area contributed by atoms with Crippen LogP contribution in [0.4, 0.5) is 0 Å². The van der Waals surface area contributed by atoms with E-state index in [4.69, 9.17) is 34.8 Å². The molecule has 0 radical (unpaired) electrons. The first kappa shape index (κ1) is 44.7. The number of nitrogens with one attached hydrogen (secondary N) is 3. The molecule has 0 aliphatic rings. The summed E-state index contributed by atoms with van der Waals surface area (Å²) in [6.07, 6.45) is 7.18. The van der Waals surface area contributed by atoms with Gasteiger partial charge in [-0.1, -0.05) is 33.6 Å². The fraction of sp³-hybridized carbons (Fsp3) is 0.788. The van der Waals surface area contributed by atoms with Crippen LogP contribution in [0.5, 0.6) is 0 Å². The summed E-state index contributed by atoms with van der Waals surface area (Å²) in [5, 5.41) is 8.01. The first-order valence-corrected chi connectivity index (χ1v) is 16.4. The quantitative estimate of drug-likeness (QED) is 0.0557. The minimum absolute atomic E-state index is 0.186. The molecule has 48 heavy (non-hydrogen) atoms. The van der Waals surface area contributed by atoms with Gasteiger partial charge in [0.2, 0.25) is 17.7 Å². The Hall–Kier alpha value is -3.29. The van der Waals surface area contributed by atoms with Crippen LogP contribution in [0.15, 0.2) is 0 Å². The number of terminal acetylenes is 1. The molecule has 2 atom stereocenters. The Labute approximate surface area is 285 Å². The number of rotatable bonds is 29. The molecule has 0 spiro atoms. The average molecular weight is 687 g/mol. The minimum atomic E-state index is -0.873. The zero-order valence-corrected chi connectivity index (χ0v) is 29.6. The predicted molar refractivity (Wildman–Crippen MR) is 178 cm³/mol. The zero-order chi connectivity index (χ0) is 36.2. The maximum Gasteiger partial charge on any atom is 0.328 e. The summed E-state index contributed by atoms with van der Waals surface area (Å²) in [5.74, 6) is 0.209. The van der Waals surface area contributed by atoms with Crippen molar-refractivity contribution in [3.8, 4) is 12.3 Å². The van der Waals surface area contributed by atoms with Crippen LogP contribution in [0.2, 0.25) is 0 Å². The van der Waals surface area contributed by atoms with E-state index in [0.29, 0.717) is 77.2 Å². The van der Waals surface area contributed by atoms with Gasteiger partial charge in [0.1, 0.15) is 18.7 Å². The molecule has 0 unspecified atom stereocenters. The Morgan fingerprint density at radius 3 is 1.40 bits per heavy atom. The van der Waals surface area contributed by atoms with Gasteiger partial charge in [0, 0.05) is 6.54 Å². The lowest BCUT2D eigenvalue weighted by molar-refractivity contribution is -0.146. The van der Waals surface area contributed by atoms with Crippen LogP contribution in [0.3, 0.4) is 0 Å². The lowest BCUT2D eigenvalue weighted by Gasteiger charge is -2.24. The number of ether oxygens (including phenoxy) is 6. The number of hydrogen-bond donors (Lipinski definition) is 3. The van der Waals surface area contributed by atoms with Crippen molar-refractivity contribution in [1.82, 2.24) is 20.9 Å². The molecular weight excluding hydrogens is 628 g/mol. The van der Waals surface area contributed by atoms with Gasteiger partial charge in [0.15, 0.2) is 0 Å². The highest BCUT2D eigenvalue weighted by molar-refractivity contribution is 5.88. The molecule has 0 aromatic heterocycles. The number of hydrogen-bond acceptors (Lipinski definition) is 12. The van der Waals surface area contributed by atoms with E-state index in [1.165, 1.54) is 19.1 Å². The van der Waals surface area contributed by atoms with Gasteiger partial charge < -0.3 is 44.4 Å². The highest BCUT2D eigenvalue weighted by atomic mass is 16.6. The molecular formula is C33H58N4O11. The van der Waals surface area contributed by atoms with Crippen LogP contribution in [-0.2, 0) is 52.4 Å². The Kier molecular flexibility index (Phi) is 26.7. The SMILES string of the molecule is C#CCOCCOCCOCCOCCNC(=O)CN(CC(=O)N[C@H](CCC(C)C)C(=O)OC)CC(=O)N[C@H](CCC(C)C)C(=O)OC. The molecule has 3 N–H and O–H groups in total. The third kappa shape index (κ3) is 24.8. The molecule has 0 fully saturated rings. The normalized spacial score (nSPS) is 12.3. The summed E-state index contributed by atoms with van der Waals surface area (Å²) < 4.78 is 31.0. The Morgan fingerprint density at radius 1 is 0.604 bits per heavy atom. The van der Waals surface area contributed by atoms with Gasteiger partial charge in [-0.15, -0.1) is 6.42 Å². The van der Waals surface area contributed by atoms with Gasteiger partial charge in [-0.2, -0.15) is 0 Å². The molecule has 0 saturated heterocycles. The molecule has 0 aromatic carbocycles. The van der Waals surface area contributed by atoms with E-state index < -0.39 is 41.7 Å². The second kappa shape index (κ2) is 28.7. The average Bonchev–Trinajstić information content (AvgIpc) is 3.03. The summed E-state index contributed by atoms with van der Waals surface area (Å²) in [4.78, 5) is 64.6. The summed E-state index contributed by atoms with van der Waals surface area (Å²) >= 11 is 0. The zero-order valence-electron chi connectivity index (χ0n) is 29.6. The maximum absolute atomic E-state index is 13.0. The smallest absolute Gasteiger partial charge is 0.328 e. The molecule has 276 valence electrons. The standard InChI is InChI=1S/C33H58N4O11/c1-8-14-45-16-18-47-20-21-48-19-17-46-15-13-34-29(38)22-37(23-30(39)35-27(32(41)43-6)11-9-25(2)3)24-31(40)36-28(33(42)44-7)12-10-26(4)5/h1,25-28H,9-24H2,2-7H3,(H,34,38)(H,35,39)(H,36,40)/t27-,28-/m1/s1. The number of amides is 3. The van der Waals surface area contributed by atoms with Gasteiger partial charge >= 0.3 is 11.9 Å². The first-order chi connectivity index (χ1) is 22.9. The third-order valence-corrected chi connectivity index (χ3v) is 6.68. The number of carbonyl (C=O) groups is 5. The van der Waals surface area contributed by atoms with Crippen LogP contribution in [0.1, 0.15) is 53.4 Å². The maximum atomic E-state index is 13.0. The van der Waals surface area contributed by atoms with Crippen molar-refractivity contribution < 1.29 is 52.4 Å². The van der Waals surface area contributed by atoms with Crippen LogP contribution in [0, 0.1) is 24.2 Å². The Balaban J connectivity index is 4.99. The van der Waals surface area contributed by atoms with Gasteiger partial charge in [0.05, 0.1) is 80.1 Å². The molecule has 0 rings (SSSR count). The third-order valence-electron chi connectivity index (χ3n) is 6.68. The van der Waals surface area contributed by atoms with Crippen LogP contribution in [0.25, 0.3) is 0 Å². The van der Waals surface area contributed by atoms with Crippen LogP contribution >= 0.6 is 0 Å². The molecule has 0 bridgehead atoms. The van der Waals surface area contributed by atoms with Gasteiger partial charge in [-0.05, 0) is 37.5 Å². The molecule has 0 aliphatic carbocycles. The topological polar surface area (TPSA) is 180 Å². The molecule has 15 nitrogen and oxygen atoms in total. The summed E-state index contributed by atoms with van der Waals surface area (Å²) in [7, 11) is 2.48. The second-order valence-corrected chi connectivity index (χ2v) is 11.8. The Morgan fingerprint density at radius 2 is 1.00 bits per heavy atom. The van der Waals surface area contributed by atoms with Crippen LogP contribution in [-0.4, -0.2) is 140 Å². The van der Waals surface area contributed by atoms with Crippen molar-refractivity contribution in [2.45, 2.75) is 65.5 Å². The molecule has 15 heteroatoms. The fourth-order valence-corrected chi connectivity index (χ4v) is 4.15. The minimum Gasteiger partial charge on any atom is -0.467 e. The van der Waals surface area contributed by atoms with Crippen molar-refractivity contribution in [3.05, 3.63) is 0 Å². The number of esters is 2. The molecule has 3 amide bonds. The Bertz CT molecular complexity index is 924. The van der Waals surface area contributed by atoms with Crippen molar-refractivity contribution in [3.63, 3.8) is 0 Å². The van der Waals surface area contributed by atoms with E-state index in [0.717, 1.165) is 0 Å². The number of methoxy groups -OCH3 is 2. The van der Waals surface area contributed by atoms with Crippen molar-refractivity contribution in [2.75, 3.05) is 93.3 Å². The predicted octanol–water partition coefficient (Wildman–Crippen LogP) is 0.292. The van der Waals surface area contributed by atoms with Crippen molar-refractivity contribution in [1.29, 1.82) is 0 Å². The highest BCUT2D eigenvalue weighted by Gasteiger charge is 2.26. The van der Waals surface area contributed by atoms with E-state index in [1.807, 2.05) is 27.7 Å². The molecule has 0 aliphatic heterocycles. The van der Waals surface area contributed by atoms with Gasteiger partial charge in [0.25, 0.3) is 0 Å². The molecule has 0 heterocycles. The van der Waals surface area contributed by atoms with Gasteiger partial charge in [-0.3, -0.25) is 19.3 Å². The molecule has 0 aromatic rings. The highest BCUT2D eigenvalue weighted by Crippen LogP contribution is 2.09. The summed E-state index contributed by atoms with van der Waals surface area (Å²) in [6, 6.07) is -1.75.